The summed E-state index contributed by atoms with van der Waals surface area (Å²) in [5, 5.41) is 20.9. The highest BCUT2D eigenvalue weighted by molar-refractivity contribution is 5.66. The molecule has 0 spiro atoms. The third-order valence-electron chi connectivity index (χ3n) is 2.01. The van der Waals surface area contributed by atoms with E-state index in [0.717, 1.165) is 0 Å². The standard InChI is InChI=1S/C9H19NO3/c1-3-9(2,13)7-10-6-4-5-8(11)12/h10,13H,3-7H2,1-2H3,(H,11,12). The Hall–Kier alpha value is -0.610. The van der Waals surface area contributed by atoms with Crippen molar-refractivity contribution in [1.82, 2.24) is 5.32 Å². The molecule has 1 unspecified atom stereocenters. The van der Waals surface area contributed by atoms with Crippen LogP contribution in [0.15, 0.2) is 0 Å². The lowest BCUT2D eigenvalue weighted by Crippen LogP contribution is -2.37. The van der Waals surface area contributed by atoms with Crippen LogP contribution in [0.5, 0.6) is 0 Å². The topological polar surface area (TPSA) is 69.6 Å². The molecule has 0 aliphatic carbocycles. The highest BCUT2D eigenvalue weighted by Gasteiger charge is 2.15. The fourth-order valence-corrected chi connectivity index (χ4v) is 0.847. The second kappa shape index (κ2) is 5.94. The van der Waals surface area contributed by atoms with Gasteiger partial charge in [-0.15, -0.1) is 0 Å². The Kier molecular flexibility index (Phi) is 5.66. The Morgan fingerprint density at radius 2 is 2.15 bits per heavy atom. The van der Waals surface area contributed by atoms with Crippen LogP contribution in [0.25, 0.3) is 0 Å². The second-order valence-corrected chi connectivity index (χ2v) is 3.52. The number of hydrogen-bond acceptors (Lipinski definition) is 3. The summed E-state index contributed by atoms with van der Waals surface area (Å²) in [7, 11) is 0. The van der Waals surface area contributed by atoms with E-state index in [1.165, 1.54) is 0 Å². The van der Waals surface area contributed by atoms with Gasteiger partial charge in [-0.1, -0.05) is 6.92 Å². The van der Waals surface area contributed by atoms with Gasteiger partial charge in [0.05, 0.1) is 5.60 Å². The van der Waals surface area contributed by atoms with Crippen LogP contribution >= 0.6 is 0 Å². The average molecular weight is 189 g/mol. The van der Waals surface area contributed by atoms with Crippen LogP contribution in [0, 0.1) is 0 Å². The Bertz CT molecular complexity index is 157. The third-order valence-corrected chi connectivity index (χ3v) is 2.01. The van der Waals surface area contributed by atoms with Crippen molar-refractivity contribution in [3.63, 3.8) is 0 Å². The SMILES string of the molecule is CCC(C)(O)CNCCCC(=O)O. The lowest BCUT2D eigenvalue weighted by molar-refractivity contribution is -0.137. The fraction of sp³-hybridized carbons (Fsp3) is 0.889. The van der Waals surface area contributed by atoms with Crippen molar-refractivity contribution in [3.8, 4) is 0 Å². The molecular weight excluding hydrogens is 170 g/mol. The van der Waals surface area contributed by atoms with Crippen LogP contribution in [-0.2, 0) is 4.79 Å². The summed E-state index contributed by atoms with van der Waals surface area (Å²) in [6.45, 7) is 4.84. The smallest absolute Gasteiger partial charge is 0.303 e. The zero-order chi connectivity index (χ0) is 10.3. The van der Waals surface area contributed by atoms with Crippen molar-refractivity contribution < 1.29 is 15.0 Å². The molecule has 0 aromatic carbocycles. The summed E-state index contributed by atoms with van der Waals surface area (Å²) in [6.07, 6.45) is 1.48. The molecule has 0 aliphatic rings. The Morgan fingerprint density at radius 1 is 1.54 bits per heavy atom. The van der Waals surface area contributed by atoms with E-state index in [2.05, 4.69) is 5.32 Å². The number of hydrogen-bond donors (Lipinski definition) is 3. The van der Waals surface area contributed by atoms with Crippen molar-refractivity contribution >= 4 is 5.97 Å². The van der Waals surface area contributed by atoms with Crippen molar-refractivity contribution in [2.45, 2.75) is 38.7 Å². The molecule has 0 bridgehead atoms. The van der Waals surface area contributed by atoms with Gasteiger partial charge in [0.2, 0.25) is 0 Å². The summed E-state index contributed by atoms with van der Waals surface area (Å²) >= 11 is 0. The molecular formula is C9H19NO3. The first kappa shape index (κ1) is 12.4. The molecule has 0 rings (SSSR count). The predicted molar refractivity (Wildman–Crippen MR) is 50.7 cm³/mol. The molecule has 13 heavy (non-hydrogen) atoms. The Morgan fingerprint density at radius 3 is 2.62 bits per heavy atom. The highest BCUT2D eigenvalue weighted by atomic mass is 16.4. The van der Waals surface area contributed by atoms with Crippen molar-refractivity contribution in [2.24, 2.45) is 0 Å². The predicted octanol–water partition coefficient (Wildman–Crippen LogP) is 0.602. The van der Waals surface area contributed by atoms with Crippen LogP contribution in [0.2, 0.25) is 0 Å². The molecule has 0 fully saturated rings. The largest absolute Gasteiger partial charge is 0.481 e. The van der Waals surface area contributed by atoms with Gasteiger partial charge in [-0.2, -0.15) is 0 Å². The lowest BCUT2D eigenvalue weighted by Gasteiger charge is -2.21. The van der Waals surface area contributed by atoms with E-state index in [1.54, 1.807) is 6.92 Å². The van der Waals surface area contributed by atoms with E-state index >= 15 is 0 Å². The van der Waals surface area contributed by atoms with Crippen LogP contribution in [0.1, 0.15) is 33.1 Å². The molecule has 0 aromatic rings. The van der Waals surface area contributed by atoms with Gasteiger partial charge in [0.25, 0.3) is 0 Å². The lowest BCUT2D eigenvalue weighted by atomic mass is 10.0. The number of rotatable bonds is 7. The third kappa shape index (κ3) is 7.74. The maximum Gasteiger partial charge on any atom is 0.303 e. The van der Waals surface area contributed by atoms with Gasteiger partial charge in [-0.05, 0) is 26.3 Å². The first-order valence-corrected chi connectivity index (χ1v) is 4.63. The maximum absolute atomic E-state index is 10.1. The van der Waals surface area contributed by atoms with Gasteiger partial charge in [0.15, 0.2) is 0 Å². The quantitative estimate of drug-likeness (QED) is 0.513. The number of aliphatic carboxylic acids is 1. The minimum Gasteiger partial charge on any atom is -0.481 e. The molecule has 4 nitrogen and oxygen atoms in total. The number of aliphatic hydroxyl groups is 1. The molecule has 0 aromatic heterocycles. The van der Waals surface area contributed by atoms with E-state index < -0.39 is 11.6 Å². The highest BCUT2D eigenvalue weighted by Crippen LogP contribution is 2.05. The fourth-order valence-electron chi connectivity index (χ4n) is 0.847. The van der Waals surface area contributed by atoms with Crippen molar-refractivity contribution in [2.75, 3.05) is 13.1 Å². The van der Waals surface area contributed by atoms with E-state index in [9.17, 15) is 9.90 Å². The van der Waals surface area contributed by atoms with E-state index in [-0.39, 0.29) is 6.42 Å². The van der Waals surface area contributed by atoms with Gasteiger partial charge >= 0.3 is 5.97 Å². The molecule has 1 atom stereocenters. The summed E-state index contributed by atoms with van der Waals surface area (Å²) in [5.41, 5.74) is -0.677. The molecule has 3 N–H and O–H groups in total. The molecule has 0 saturated heterocycles. The molecule has 0 amide bonds. The van der Waals surface area contributed by atoms with Gasteiger partial charge in [0, 0.05) is 13.0 Å². The summed E-state index contributed by atoms with van der Waals surface area (Å²) < 4.78 is 0. The van der Waals surface area contributed by atoms with E-state index in [0.29, 0.717) is 25.9 Å². The summed E-state index contributed by atoms with van der Waals surface area (Å²) in [4.78, 5) is 10.1. The number of carbonyl (C=O) groups is 1. The molecule has 0 saturated carbocycles. The summed E-state index contributed by atoms with van der Waals surface area (Å²) in [6, 6.07) is 0. The zero-order valence-corrected chi connectivity index (χ0v) is 8.34. The normalized spacial score (nSPS) is 15.3. The molecule has 0 radical (unpaired) electrons. The first-order chi connectivity index (χ1) is 5.98. The van der Waals surface area contributed by atoms with Gasteiger partial charge in [0.1, 0.15) is 0 Å². The first-order valence-electron chi connectivity index (χ1n) is 4.63. The van der Waals surface area contributed by atoms with E-state index in [4.69, 9.17) is 5.11 Å². The Labute approximate surface area is 79.0 Å². The van der Waals surface area contributed by atoms with Gasteiger partial charge in [-0.3, -0.25) is 4.79 Å². The van der Waals surface area contributed by atoms with Gasteiger partial charge < -0.3 is 15.5 Å². The van der Waals surface area contributed by atoms with Gasteiger partial charge in [-0.25, -0.2) is 0 Å². The zero-order valence-electron chi connectivity index (χ0n) is 8.34. The molecule has 78 valence electrons. The molecule has 0 aliphatic heterocycles. The van der Waals surface area contributed by atoms with E-state index in [1.807, 2.05) is 6.92 Å². The van der Waals surface area contributed by atoms with Crippen LogP contribution in [0.3, 0.4) is 0 Å². The molecule has 0 heterocycles. The number of nitrogens with one attached hydrogen (secondary N) is 1. The molecule has 4 heteroatoms. The average Bonchev–Trinajstić information content (AvgIpc) is 2.03. The summed E-state index contributed by atoms with van der Waals surface area (Å²) in [5.74, 6) is -0.774. The maximum atomic E-state index is 10.1. The number of carboxylic acids is 1. The van der Waals surface area contributed by atoms with Crippen LogP contribution < -0.4 is 5.32 Å². The van der Waals surface area contributed by atoms with Crippen LogP contribution in [-0.4, -0.2) is 34.9 Å². The van der Waals surface area contributed by atoms with Crippen molar-refractivity contribution in [1.29, 1.82) is 0 Å². The second-order valence-electron chi connectivity index (χ2n) is 3.52. The van der Waals surface area contributed by atoms with Crippen molar-refractivity contribution in [3.05, 3.63) is 0 Å². The Balaban J connectivity index is 3.30. The number of carboxylic acid groups (broad SMARTS) is 1. The van der Waals surface area contributed by atoms with Crippen LogP contribution in [0.4, 0.5) is 0 Å². The monoisotopic (exact) mass is 189 g/mol. The minimum absolute atomic E-state index is 0.182. The minimum atomic E-state index is -0.774.